The van der Waals surface area contributed by atoms with Gasteiger partial charge in [0.15, 0.2) is 5.96 Å². The van der Waals surface area contributed by atoms with E-state index in [0.717, 1.165) is 18.7 Å². The number of halogens is 1. The van der Waals surface area contributed by atoms with Gasteiger partial charge in [0.05, 0.1) is 0 Å². The molecule has 0 fully saturated rings. The van der Waals surface area contributed by atoms with Crippen molar-refractivity contribution in [2.45, 2.75) is 19.8 Å². The molecule has 5 nitrogen and oxygen atoms in total. The third kappa shape index (κ3) is 8.01. The van der Waals surface area contributed by atoms with Gasteiger partial charge in [-0.05, 0) is 53.4 Å². The number of hydrogen-bond donors (Lipinski definition) is 3. The van der Waals surface area contributed by atoms with E-state index < -0.39 is 0 Å². The zero-order valence-electron chi connectivity index (χ0n) is 15.5. The van der Waals surface area contributed by atoms with E-state index >= 15 is 0 Å². The number of thiophene rings is 1. The number of hydrogen-bond acceptors (Lipinski definition) is 3. The molecular weight excluding hydrogens is 471 g/mol. The fourth-order valence-corrected chi connectivity index (χ4v) is 3.09. The Kier molecular flexibility index (Phi) is 10.5. The molecule has 2 rings (SSSR count). The minimum atomic E-state index is -0.192. The Hall–Kier alpha value is -2.05. The molecule has 7 heteroatoms. The van der Waals surface area contributed by atoms with Gasteiger partial charge in [0.1, 0.15) is 6.54 Å². The Bertz CT molecular complexity index is 784. The second-order valence-corrected chi connectivity index (χ2v) is 6.59. The van der Waals surface area contributed by atoms with Gasteiger partial charge < -0.3 is 16.0 Å². The van der Waals surface area contributed by atoms with Gasteiger partial charge in [-0.2, -0.15) is 11.3 Å². The molecule has 0 saturated carbocycles. The Morgan fingerprint density at radius 1 is 1.33 bits per heavy atom. The van der Waals surface area contributed by atoms with Crippen molar-refractivity contribution in [3.8, 4) is 12.3 Å². The van der Waals surface area contributed by atoms with Crippen LogP contribution in [-0.2, 0) is 4.79 Å². The van der Waals surface area contributed by atoms with Gasteiger partial charge in [-0.3, -0.25) is 4.79 Å². The van der Waals surface area contributed by atoms with Crippen molar-refractivity contribution in [3.05, 3.63) is 52.2 Å². The number of carbonyl (C=O) groups excluding carboxylic acids is 1. The maximum atomic E-state index is 12.1. The number of carbonyl (C=O) groups is 1. The Morgan fingerprint density at radius 2 is 2.15 bits per heavy atom. The molecule has 1 aromatic heterocycles. The summed E-state index contributed by atoms with van der Waals surface area (Å²) >= 11 is 1.69. The van der Waals surface area contributed by atoms with E-state index in [2.05, 4.69) is 50.6 Å². The van der Waals surface area contributed by atoms with Crippen LogP contribution in [0.3, 0.4) is 0 Å². The van der Waals surface area contributed by atoms with Crippen molar-refractivity contribution in [2.75, 3.05) is 25.0 Å². The fraction of sp³-hybridized carbons (Fsp3) is 0.300. The van der Waals surface area contributed by atoms with E-state index in [1.807, 2.05) is 19.1 Å². The van der Waals surface area contributed by atoms with Crippen LogP contribution in [0.1, 0.15) is 30.9 Å². The molecule has 27 heavy (non-hydrogen) atoms. The van der Waals surface area contributed by atoms with Crippen LogP contribution in [0.15, 0.2) is 46.1 Å². The highest BCUT2D eigenvalue weighted by Crippen LogP contribution is 2.17. The number of aliphatic imine (C=N–C) groups is 1. The average Bonchev–Trinajstić information content (AvgIpc) is 3.18. The van der Waals surface area contributed by atoms with E-state index in [1.165, 1.54) is 5.56 Å². The van der Waals surface area contributed by atoms with Crippen LogP contribution in [0, 0.1) is 12.3 Å². The molecule has 1 atom stereocenters. The zero-order valence-corrected chi connectivity index (χ0v) is 18.6. The normalized spacial score (nSPS) is 11.7. The molecule has 0 aliphatic carbocycles. The highest BCUT2D eigenvalue weighted by molar-refractivity contribution is 14.0. The monoisotopic (exact) mass is 496 g/mol. The van der Waals surface area contributed by atoms with Crippen LogP contribution in [0.2, 0.25) is 0 Å². The largest absolute Gasteiger partial charge is 0.357 e. The van der Waals surface area contributed by atoms with E-state index in [1.54, 1.807) is 23.5 Å². The van der Waals surface area contributed by atoms with E-state index in [-0.39, 0.29) is 36.4 Å². The second kappa shape index (κ2) is 12.4. The summed E-state index contributed by atoms with van der Waals surface area (Å²) < 4.78 is 0. The van der Waals surface area contributed by atoms with Crippen molar-refractivity contribution in [1.29, 1.82) is 0 Å². The van der Waals surface area contributed by atoms with Crippen molar-refractivity contribution in [3.63, 3.8) is 0 Å². The molecule has 2 aromatic rings. The van der Waals surface area contributed by atoms with Crippen molar-refractivity contribution in [2.24, 2.45) is 4.99 Å². The van der Waals surface area contributed by atoms with E-state index in [9.17, 15) is 4.79 Å². The molecule has 0 saturated heterocycles. The predicted molar refractivity (Wildman–Crippen MR) is 125 cm³/mol. The standard InChI is InChI=1S/C20H24N4OS.HI/c1-4-16-7-6-8-18(11-16)24-19(25)13-23-20(21-5-2)22-12-15(3)17-9-10-26-14-17;/h1,6-11,14-15H,5,12-13H2,2-3H3,(H,24,25)(H2,21,22,23);1H. The summed E-state index contributed by atoms with van der Waals surface area (Å²) in [6.45, 7) is 5.65. The molecule has 1 unspecified atom stereocenters. The smallest absolute Gasteiger partial charge is 0.246 e. The minimum absolute atomic E-state index is 0. The first-order valence-corrected chi connectivity index (χ1v) is 9.47. The maximum absolute atomic E-state index is 12.1. The molecule has 144 valence electrons. The first-order valence-electron chi connectivity index (χ1n) is 8.53. The quantitative estimate of drug-likeness (QED) is 0.237. The molecule has 0 spiro atoms. The highest BCUT2D eigenvalue weighted by Gasteiger charge is 2.08. The summed E-state index contributed by atoms with van der Waals surface area (Å²) in [7, 11) is 0. The molecule has 0 bridgehead atoms. The first kappa shape index (κ1) is 23.0. The van der Waals surface area contributed by atoms with E-state index in [0.29, 0.717) is 17.6 Å². The van der Waals surface area contributed by atoms with Crippen LogP contribution in [0.25, 0.3) is 0 Å². The van der Waals surface area contributed by atoms with E-state index in [4.69, 9.17) is 6.42 Å². The topological polar surface area (TPSA) is 65.5 Å². The Labute approximate surface area is 182 Å². The van der Waals surface area contributed by atoms with Gasteiger partial charge >= 0.3 is 0 Å². The van der Waals surface area contributed by atoms with Crippen LogP contribution < -0.4 is 16.0 Å². The van der Waals surface area contributed by atoms with Crippen molar-refractivity contribution < 1.29 is 4.79 Å². The number of terminal acetylenes is 1. The summed E-state index contributed by atoms with van der Waals surface area (Å²) in [5.74, 6) is 3.35. The number of guanidine groups is 1. The molecule has 0 aliphatic heterocycles. The third-order valence-corrected chi connectivity index (χ3v) is 4.43. The Morgan fingerprint density at radius 3 is 2.81 bits per heavy atom. The zero-order chi connectivity index (χ0) is 18.8. The summed E-state index contributed by atoms with van der Waals surface area (Å²) in [4.78, 5) is 16.5. The lowest BCUT2D eigenvalue weighted by atomic mass is 10.1. The molecule has 0 aliphatic rings. The number of amides is 1. The van der Waals surface area contributed by atoms with Gasteiger partial charge in [0.25, 0.3) is 0 Å². The van der Waals surface area contributed by atoms with Crippen molar-refractivity contribution >= 4 is 52.9 Å². The van der Waals surface area contributed by atoms with Gasteiger partial charge in [-0.15, -0.1) is 30.4 Å². The number of anilines is 1. The third-order valence-electron chi connectivity index (χ3n) is 3.73. The summed E-state index contributed by atoms with van der Waals surface area (Å²) in [5, 5.41) is 13.5. The predicted octanol–water partition coefficient (Wildman–Crippen LogP) is 3.64. The van der Waals surface area contributed by atoms with Crippen molar-refractivity contribution in [1.82, 2.24) is 10.6 Å². The van der Waals surface area contributed by atoms with Crippen LogP contribution in [-0.4, -0.2) is 31.5 Å². The lowest BCUT2D eigenvalue weighted by molar-refractivity contribution is -0.114. The number of nitrogens with one attached hydrogen (secondary N) is 3. The first-order chi connectivity index (χ1) is 12.6. The summed E-state index contributed by atoms with van der Waals surface area (Å²) in [6, 6.07) is 9.31. The van der Waals surface area contributed by atoms with Crippen LogP contribution >= 0.6 is 35.3 Å². The molecule has 3 N–H and O–H groups in total. The average molecular weight is 496 g/mol. The Balaban J connectivity index is 0.00000364. The summed E-state index contributed by atoms with van der Waals surface area (Å²) in [5.41, 5.74) is 2.69. The number of benzene rings is 1. The fourth-order valence-electron chi connectivity index (χ4n) is 2.30. The second-order valence-electron chi connectivity index (χ2n) is 5.81. The highest BCUT2D eigenvalue weighted by atomic mass is 127. The molecular formula is C20H25IN4OS. The SMILES string of the molecule is C#Cc1cccc(NC(=O)CN=C(NCC)NCC(C)c2ccsc2)c1.I. The lowest BCUT2D eigenvalue weighted by Gasteiger charge is -2.15. The van der Waals surface area contributed by atoms with Gasteiger partial charge in [0.2, 0.25) is 5.91 Å². The molecule has 1 amide bonds. The van der Waals surface area contributed by atoms with Gasteiger partial charge in [-0.1, -0.05) is 18.9 Å². The summed E-state index contributed by atoms with van der Waals surface area (Å²) in [6.07, 6.45) is 5.37. The molecule has 0 radical (unpaired) electrons. The van der Waals surface area contributed by atoms with Crippen LogP contribution in [0.5, 0.6) is 0 Å². The minimum Gasteiger partial charge on any atom is -0.357 e. The molecule has 1 aromatic carbocycles. The number of rotatable bonds is 7. The lowest BCUT2D eigenvalue weighted by Crippen LogP contribution is -2.39. The van der Waals surface area contributed by atoms with Gasteiger partial charge in [-0.25, -0.2) is 4.99 Å². The maximum Gasteiger partial charge on any atom is 0.246 e. The molecule has 1 heterocycles. The number of nitrogens with zero attached hydrogens (tertiary/aromatic N) is 1. The van der Waals surface area contributed by atoms with Crippen LogP contribution in [0.4, 0.5) is 5.69 Å². The van der Waals surface area contributed by atoms with Gasteiger partial charge in [0, 0.05) is 24.3 Å².